The summed E-state index contributed by atoms with van der Waals surface area (Å²) in [6.07, 6.45) is -0.0326. The number of esters is 1. The Balaban J connectivity index is 2.36. The second-order valence-corrected chi connectivity index (χ2v) is 12.5. The van der Waals surface area contributed by atoms with Gasteiger partial charge in [0.25, 0.3) is 0 Å². The molecule has 0 radical (unpaired) electrons. The van der Waals surface area contributed by atoms with Crippen LogP contribution >= 0.6 is 0 Å². The lowest BCUT2D eigenvalue weighted by molar-refractivity contribution is -0.137. The molecule has 2 N–H and O–H groups in total. The van der Waals surface area contributed by atoms with Gasteiger partial charge in [-0.1, -0.05) is 26.8 Å². The minimum absolute atomic E-state index is 0.0215. The fraction of sp³-hybridized carbons (Fsp3) is 0.588. The molecule has 5 nitrogen and oxygen atoms in total. The molecule has 1 heterocycles. The Morgan fingerprint density at radius 1 is 1.26 bits per heavy atom. The number of hydrogen-bond acceptors (Lipinski definition) is 5. The number of hydrogen-bond donors (Lipinski definition) is 2. The molecule has 0 amide bonds. The molecule has 0 aliphatic carbocycles. The van der Waals surface area contributed by atoms with Crippen molar-refractivity contribution in [2.75, 3.05) is 6.61 Å². The molecule has 2 atom stereocenters. The molecular weight excluding hydrogens is 312 g/mol. The van der Waals surface area contributed by atoms with Crippen molar-refractivity contribution in [3.05, 3.63) is 23.8 Å². The van der Waals surface area contributed by atoms with E-state index in [1.807, 2.05) is 0 Å². The predicted octanol–water partition coefficient (Wildman–Crippen LogP) is 3.72. The molecule has 1 aromatic rings. The SMILES string of the molecule is CC(C)(C)[Si](C)(C)O[C@@H](c1ccc(O)c(O)c1)[C@H]1COC(=O)C1. The maximum atomic E-state index is 11.5. The molecule has 128 valence electrons. The van der Waals surface area contributed by atoms with Crippen LogP contribution in [0.1, 0.15) is 38.9 Å². The maximum absolute atomic E-state index is 11.5. The average molecular weight is 338 g/mol. The zero-order valence-electron chi connectivity index (χ0n) is 14.4. The van der Waals surface area contributed by atoms with Gasteiger partial charge in [0, 0.05) is 5.92 Å². The fourth-order valence-corrected chi connectivity index (χ4v) is 3.69. The Hall–Kier alpha value is -1.53. The zero-order chi connectivity index (χ0) is 17.4. The maximum Gasteiger partial charge on any atom is 0.306 e. The zero-order valence-corrected chi connectivity index (χ0v) is 15.4. The van der Waals surface area contributed by atoms with Gasteiger partial charge in [-0.3, -0.25) is 4.79 Å². The average Bonchev–Trinajstić information content (AvgIpc) is 2.84. The van der Waals surface area contributed by atoms with Crippen LogP contribution in [0.5, 0.6) is 11.5 Å². The van der Waals surface area contributed by atoms with Gasteiger partial charge in [0.15, 0.2) is 19.8 Å². The summed E-state index contributed by atoms with van der Waals surface area (Å²) < 4.78 is 11.6. The summed E-state index contributed by atoms with van der Waals surface area (Å²) in [5, 5.41) is 19.4. The number of rotatable bonds is 4. The summed E-state index contributed by atoms with van der Waals surface area (Å²) in [6.45, 7) is 11.1. The molecular formula is C17H26O5Si. The number of ether oxygens (including phenoxy) is 1. The molecule has 6 heteroatoms. The van der Waals surface area contributed by atoms with E-state index in [2.05, 4.69) is 33.9 Å². The lowest BCUT2D eigenvalue weighted by atomic mass is 9.95. The topological polar surface area (TPSA) is 76.0 Å². The highest BCUT2D eigenvalue weighted by atomic mass is 28.4. The van der Waals surface area contributed by atoms with Gasteiger partial charge in [0.05, 0.1) is 19.1 Å². The third-order valence-electron chi connectivity index (χ3n) is 4.87. The van der Waals surface area contributed by atoms with Crippen LogP contribution in [0, 0.1) is 5.92 Å². The predicted molar refractivity (Wildman–Crippen MR) is 89.9 cm³/mol. The number of phenols is 2. The van der Waals surface area contributed by atoms with Crippen LogP contribution in [0.2, 0.25) is 18.1 Å². The van der Waals surface area contributed by atoms with Gasteiger partial charge in [-0.05, 0) is 35.8 Å². The first-order valence-electron chi connectivity index (χ1n) is 7.86. The molecule has 1 aliphatic heterocycles. The smallest absolute Gasteiger partial charge is 0.306 e. The molecule has 0 aromatic heterocycles. The highest BCUT2D eigenvalue weighted by molar-refractivity contribution is 6.74. The van der Waals surface area contributed by atoms with Crippen molar-refractivity contribution in [3.8, 4) is 11.5 Å². The van der Waals surface area contributed by atoms with Crippen molar-refractivity contribution in [1.82, 2.24) is 0 Å². The number of carbonyl (C=O) groups excluding carboxylic acids is 1. The second-order valence-electron chi connectivity index (χ2n) is 7.69. The van der Waals surface area contributed by atoms with E-state index in [0.717, 1.165) is 5.56 Å². The summed E-state index contributed by atoms with van der Waals surface area (Å²) in [5.41, 5.74) is 0.758. The van der Waals surface area contributed by atoms with Crippen molar-refractivity contribution in [3.63, 3.8) is 0 Å². The molecule has 1 aromatic carbocycles. The van der Waals surface area contributed by atoms with Crippen molar-refractivity contribution >= 4 is 14.3 Å². The quantitative estimate of drug-likeness (QED) is 0.497. The lowest BCUT2D eigenvalue weighted by Gasteiger charge is -2.40. The Morgan fingerprint density at radius 2 is 1.91 bits per heavy atom. The van der Waals surface area contributed by atoms with E-state index < -0.39 is 8.32 Å². The molecule has 0 bridgehead atoms. The van der Waals surface area contributed by atoms with Crippen LogP contribution in [0.25, 0.3) is 0 Å². The Labute approximate surface area is 138 Å². The van der Waals surface area contributed by atoms with E-state index in [0.29, 0.717) is 13.0 Å². The monoisotopic (exact) mass is 338 g/mol. The molecule has 1 aliphatic rings. The van der Waals surface area contributed by atoms with E-state index in [9.17, 15) is 15.0 Å². The highest BCUT2D eigenvalue weighted by Crippen LogP contribution is 2.44. The minimum atomic E-state index is -2.08. The van der Waals surface area contributed by atoms with Gasteiger partial charge < -0.3 is 19.4 Å². The number of carbonyl (C=O) groups is 1. The summed E-state index contributed by atoms with van der Waals surface area (Å²) in [4.78, 5) is 11.5. The number of cyclic esters (lactones) is 1. The molecule has 0 saturated carbocycles. The fourth-order valence-electron chi connectivity index (χ4n) is 2.37. The highest BCUT2D eigenvalue weighted by Gasteiger charge is 2.43. The van der Waals surface area contributed by atoms with Crippen LogP contribution < -0.4 is 0 Å². The van der Waals surface area contributed by atoms with Gasteiger partial charge >= 0.3 is 5.97 Å². The summed E-state index contributed by atoms with van der Waals surface area (Å²) in [7, 11) is -2.08. The molecule has 0 spiro atoms. The van der Waals surface area contributed by atoms with E-state index >= 15 is 0 Å². The Morgan fingerprint density at radius 3 is 2.39 bits per heavy atom. The molecule has 23 heavy (non-hydrogen) atoms. The van der Waals surface area contributed by atoms with Crippen LogP contribution in [0.3, 0.4) is 0 Å². The first kappa shape index (κ1) is 17.8. The molecule has 0 unspecified atom stereocenters. The standard InChI is InChI=1S/C17H26O5Si/c1-17(2,3)23(4,5)22-16(12-9-15(20)21-10-12)11-6-7-13(18)14(19)8-11/h6-8,12,16,18-19H,9-10H2,1-5H3/t12-,16+/m1/s1. The van der Waals surface area contributed by atoms with Crippen molar-refractivity contribution in [2.45, 2.75) is 51.4 Å². The van der Waals surface area contributed by atoms with E-state index in [4.69, 9.17) is 9.16 Å². The number of benzene rings is 1. The van der Waals surface area contributed by atoms with Gasteiger partial charge in [-0.15, -0.1) is 0 Å². The first-order chi connectivity index (χ1) is 10.5. The lowest BCUT2D eigenvalue weighted by Crippen LogP contribution is -2.43. The summed E-state index contributed by atoms with van der Waals surface area (Å²) in [5.74, 6) is -0.655. The van der Waals surface area contributed by atoms with E-state index in [1.54, 1.807) is 6.07 Å². The summed E-state index contributed by atoms with van der Waals surface area (Å²) >= 11 is 0. The van der Waals surface area contributed by atoms with Crippen LogP contribution in [0.4, 0.5) is 0 Å². The normalized spacial score (nSPS) is 20.4. The molecule has 1 fully saturated rings. The van der Waals surface area contributed by atoms with Crippen molar-refractivity contribution < 1.29 is 24.2 Å². The number of aromatic hydroxyl groups is 2. The third kappa shape index (κ3) is 3.87. The Kier molecular flexibility index (Phi) is 4.78. The van der Waals surface area contributed by atoms with Crippen LogP contribution in [0.15, 0.2) is 18.2 Å². The Bertz CT molecular complexity index is 591. The van der Waals surface area contributed by atoms with E-state index in [-0.39, 0.29) is 34.5 Å². The van der Waals surface area contributed by atoms with E-state index in [1.165, 1.54) is 12.1 Å². The van der Waals surface area contributed by atoms with Gasteiger partial charge in [0.1, 0.15) is 0 Å². The third-order valence-corrected chi connectivity index (χ3v) is 9.33. The van der Waals surface area contributed by atoms with Crippen molar-refractivity contribution in [2.24, 2.45) is 5.92 Å². The summed E-state index contributed by atoms with van der Waals surface area (Å²) in [6, 6.07) is 4.69. The van der Waals surface area contributed by atoms with Crippen LogP contribution in [-0.4, -0.2) is 31.1 Å². The van der Waals surface area contributed by atoms with Crippen molar-refractivity contribution in [1.29, 1.82) is 0 Å². The number of phenolic OH excluding ortho intramolecular Hbond substituents is 2. The van der Waals surface area contributed by atoms with Gasteiger partial charge in [-0.25, -0.2) is 0 Å². The molecule has 1 saturated heterocycles. The van der Waals surface area contributed by atoms with Crippen LogP contribution in [-0.2, 0) is 14.0 Å². The largest absolute Gasteiger partial charge is 0.504 e. The van der Waals surface area contributed by atoms with Gasteiger partial charge in [0.2, 0.25) is 0 Å². The van der Waals surface area contributed by atoms with Gasteiger partial charge in [-0.2, -0.15) is 0 Å². The first-order valence-corrected chi connectivity index (χ1v) is 10.8. The minimum Gasteiger partial charge on any atom is -0.504 e. The molecule has 2 rings (SSSR count). The second kappa shape index (κ2) is 6.17.